The molecule has 0 saturated heterocycles. The maximum Gasteiger partial charge on any atom is 0.242 e. The van der Waals surface area contributed by atoms with Crippen LogP contribution in [-0.2, 0) is 16.6 Å². The van der Waals surface area contributed by atoms with Crippen LogP contribution in [0.4, 0.5) is 0 Å². The van der Waals surface area contributed by atoms with Crippen LogP contribution in [0, 0.1) is 0 Å². The molecule has 1 aliphatic rings. The first-order valence-electron chi connectivity index (χ1n) is 7.49. The maximum absolute atomic E-state index is 12.2. The zero-order valence-corrected chi connectivity index (χ0v) is 13.0. The molecule has 1 saturated carbocycles. The fraction of sp³-hybridized carbons (Fsp3) is 0.714. The van der Waals surface area contributed by atoms with Crippen molar-refractivity contribution in [3.8, 4) is 0 Å². The number of unbranched alkanes of at least 4 members (excludes halogenated alkanes) is 3. The third-order valence-electron chi connectivity index (χ3n) is 3.69. The first kappa shape index (κ1) is 15.5. The number of nitrogens with zero attached hydrogens (tertiary/aromatic N) is 1. The van der Waals surface area contributed by atoms with Gasteiger partial charge in [-0.25, -0.2) is 13.1 Å². The summed E-state index contributed by atoms with van der Waals surface area (Å²) in [6.07, 6.45) is 8.22. The third kappa shape index (κ3) is 3.84. The molecule has 3 N–H and O–H groups in total. The van der Waals surface area contributed by atoms with E-state index in [2.05, 4.69) is 11.6 Å². The van der Waals surface area contributed by atoms with Crippen LogP contribution in [-0.4, -0.2) is 19.5 Å². The molecule has 0 amide bonds. The Kier molecular flexibility index (Phi) is 5.23. The van der Waals surface area contributed by atoms with Crippen molar-refractivity contribution in [2.24, 2.45) is 5.73 Å². The molecule has 0 atom stereocenters. The van der Waals surface area contributed by atoms with E-state index in [-0.39, 0.29) is 0 Å². The molecule has 1 heterocycles. The van der Waals surface area contributed by atoms with Gasteiger partial charge in [-0.2, -0.15) is 0 Å². The second-order valence-corrected chi connectivity index (χ2v) is 7.24. The van der Waals surface area contributed by atoms with Crippen molar-refractivity contribution in [3.05, 3.63) is 18.0 Å². The molecule has 1 aromatic heterocycles. The molecular formula is C14H25N3O2S. The van der Waals surface area contributed by atoms with Gasteiger partial charge in [-0.3, -0.25) is 0 Å². The molecule has 1 fully saturated rings. The molecule has 0 spiro atoms. The Morgan fingerprint density at radius 3 is 2.70 bits per heavy atom. The lowest BCUT2D eigenvalue weighted by molar-refractivity contribution is 0.573. The third-order valence-corrected chi connectivity index (χ3v) is 5.12. The van der Waals surface area contributed by atoms with Gasteiger partial charge in [-0.15, -0.1) is 0 Å². The van der Waals surface area contributed by atoms with Crippen LogP contribution >= 0.6 is 0 Å². The highest BCUT2D eigenvalue weighted by molar-refractivity contribution is 7.89. The van der Waals surface area contributed by atoms with Crippen molar-refractivity contribution in [1.82, 2.24) is 9.29 Å². The molecule has 0 aliphatic heterocycles. The fourth-order valence-electron chi connectivity index (χ4n) is 2.34. The largest absolute Gasteiger partial charge is 0.346 e. The predicted molar refractivity (Wildman–Crippen MR) is 79.9 cm³/mol. The molecule has 20 heavy (non-hydrogen) atoms. The van der Waals surface area contributed by atoms with Gasteiger partial charge < -0.3 is 10.3 Å². The molecule has 5 nitrogen and oxygen atoms in total. The van der Waals surface area contributed by atoms with E-state index in [0.717, 1.165) is 44.2 Å². The number of nitrogens with one attached hydrogen (secondary N) is 1. The zero-order chi connectivity index (χ0) is 14.6. The minimum Gasteiger partial charge on any atom is -0.346 e. The Bertz CT molecular complexity index is 533. The van der Waals surface area contributed by atoms with Gasteiger partial charge >= 0.3 is 0 Å². The van der Waals surface area contributed by atoms with Crippen LogP contribution in [0.3, 0.4) is 0 Å². The molecule has 1 aliphatic carbocycles. The monoisotopic (exact) mass is 299 g/mol. The van der Waals surface area contributed by atoms with Gasteiger partial charge in [0.15, 0.2) is 0 Å². The normalized spacial score (nSPS) is 15.7. The van der Waals surface area contributed by atoms with E-state index in [4.69, 9.17) is 5.73 Å². The number of nitrogens with two attached hydrogens (primary N) is 1. The van der Waals surface area contributed by atoms with E-state index in [1.807, 2.05) is 4.57 Å². The molecule has 0 bridgehead atoms. The van der Waals surface area contributed by atoms with E-state index < -0.39 is 10.0 Å². The fourth-order valence-corrected chi connectivity index (χ4v) is 3.46. The van der Waals surface area contributed by atoms with Crippen molar-refractivity contribution in [3.63, 3.8) is 0 Å². The minimum atomic E-state index is -3.39. The summed E-state index contributed by atoms with van der Waals surface area (Å²) in [5, 5.41) is 0. The van der Waals surface area contributed by atoms with Gasteiger partial charge in [0.2, 0.25) is 10.0 Å². The van der Waals surface area contributed by atoms with E-state index >= 15 is 0 Å². The molecule has 0 unspecified atom stereocenters. The van der Waals surface area contributed by atoms with Crippen LogP contribution in [0.2, 0.25) is 0 Å². The Balaban J connectivity index is 1.98. The highest BCUT2D eigenvalue weighted by Gasteiger charge is 2.27. The molecule has 6 heteroatoms. The molecule has 1 aromatic rings. The number of hydrogen-bond donors (Lipinski definition) is 2. The second-order valence-electron chi connectivity index (χ2n) is 5.47. The van der Waals surface area contributed by atoms with Crippen molar-refractivity contribution in [2.75, 3.05) is 6.54 Å². The average Bonchev–Trinajstić information content (AvgIpc) is 3.17. The molecule has 0 aromatic carbocycles. The molecule has 114 valence electrons. The van der Waals surface area contributed by atoms with Gasteiger partial charge in [0.05, 0.1) is 4.90 Å². The minimum absolute atomic E-state index is 0.348. The number of hydrogen-bond acceptors (Lipinski definition) is 3. The van der Waals surface area contributed by atoms with Crippen molar-refractivity contribution in [2.45, 2.75) is 62.9 Å². The van der Waals surface area contributed by atoms with Crippen molar-refractivity contribution in [1.29, 1.82) is 0 Å². The lowest BCUT2D eigenvalue weighted by Gasteiger charge is -2.05. The summed E-state index contributed by atoms with van der Waals surface area (Å²) >= 11 is 0. The van der Waals surface area contributed by atoms with Gasteiger partial charge in [0.25, 0.3) is 0 Å². The standard InChI is InChI=1S/C14H25N3O2S/c1-2-3-4-5-8-16-20(18,19)14-9-13(10-15)17(11-14)12-6-7-12/h9,11-12,16H,2-8,10,15H2,1H3. The lowest BCUT2D eigenvalue weighted by atomic mass is 10.2. The highest BCUT2D eigenvalue weighted by Crippen LogP contribution is 2.37. The molecule has 2 rings (SSSR count). The Morgan fingerprint density at radius 1 is 1.35 bits per heavy atom. The summed E-state index contributed by atoms with van der Waals surface area (Å²) in [4.78, 5) is 0.348. The van der Waals surface area contributed by atoms with E-state index in [0.29, 0.717) is 24.0 Å². The summed E-state index contributed by atoms with van der Waals surface area (Å²) in [5.74, 6) is 0. The average molecular weight is 299 g/mol. The second kappa shape index (κ2) is 6.74. The SMILES string of the molecule is CCCCCCNS(=O)(=O)c1cc(CN)n(C2CC2)c1. The lowest BCUT2D eigenvalue weighted by Crippen LogP contribution is -2.24. The molecule has 0 radical (unpaired) electrons. The van der Waals surface area contributed by atoms with Crippen molar-refractivity contribution < 1.29 is 8.42 Å². The Morgan fingerprint density at radius 2 is 2.10 bits per heavy atom. The zero-order valence-electron chi connectivity index (χ0n) is 12.1. The number of sulfonamides is 1. The van der Waals surface area contributed by atoms with Gasteiger partial charge in [0, 0.05) is 31.0 Å². The Labute approximate surface area is 121 Å². The quantitative estimate of drug-likeness (QED) is 0.686. The van der Waals surface area contributed by atoms with E-state index in [1.54, 1.807) is 12.3 Å². The van der Waals surface area contributed by atoms with E-state index in [9.17, 15) is 8.42 Å². The first-order valence-corrected chi connectivity index (χ1v) is 8.97. The van der Waals surface area contributed by atoms with Gasteiger partial charge in [-0.05, 0) is 25.3 Å². The van der Waals surface area contributed by atoms with Crippen LogP contribution in [0.15, 0.2) is 17.2 Å². The summed E-state index contributed by atoms with van der Waals surface area (Å²) < 4.78 is 29.1. The summed E-state index contributed by atoms with van der Waals surface area (Å²) in [6.45, 7) is 3.02. The number of rotatable bonds is 9. The van der Waals surface area contributed by atoms with Crippen molar-refractivity contribution >= 4 is 10.0 Å². The topological polar surface area (TPSA) is 77.1 Å². The Hall–Kier alpha value is -0.850. The molecular weight excluding hydrogens is 274 g/mol. The summed E-state index contributed by atoms with van der Waals surface area (Å²) in [5.41, 5.74) is 6.59. The maximum atomic E-state index is 12.2. The first-order chi connectivity index (χ1) is 9.58. The van der Waals surface area contributed by atoms with Gasteiger partial charge in [0.1, 0.15) is 0 Å². The summed E-state index contributed by atoms with van der Waals surface area (Å²) in [7, 11) is -3.39. The van der Waals surface area contributed by atoms with E-state index in [1.165, 1.54) is 0 Å². The number of aromatic nitrogens is 1. The van der Waals surface area contributed by atoms with Crippen LogP contribution in [0.1, 0.15) is 57.2 Å². The predicted octanol–water partition coefficient (Wildman–Crippen LogP) is 2.14. The summed E-state index contributed by atoms with van der Waals surface area (Å²) in [6, 6.07) is 2.15. The van der Waals surface area contributed by atoms with Crippen LogP contribution in [0.25, 0.3) is 0 Å². The van der Waals surface area contributed by atoms with Crippen LogP contribution in [0.5, 0.6) is 0 Å². The smallest absolute Gasteiger partial charge is 0.242 e. The highest BCUT2D eigenvalue weighted by atomic mass is 32.2. The van der Waals surface area contributed by atoms with Gasteiger partial charge in [-0.1, -0.05) is 26.2 Å². The van der Waals surface area contributed by atoms with Crippen LogP contribution < -0.4 is 10.5 Å².